The number of anilines is 2. The summed E-state index contributed by atoms with van der Waals surface area (Å²) in [5, 5.41) is 9.05. The monoisotopic (exact) mass is 524 g/mol. The molecular formula is C25H28F4N4O4. The van der Waals surface area contributed by atoms with Crippen LogP contribution in [-0.2, 0) is 16.1 Å². The predicted octanol–water partition coefficient (Wildman–Crippen LogP) is 3.22. The van der Waals surface area contributed by atoms with Crippen LogP contribution in [0.1, 0.15) is 28.8 Å². The maximum atomic E-state index is 14.0. The van der Waals surface area contributed by atoms with Gasteiger partial charge in [0.15, 0.2) is 11.6 Å². The average Bonchev–Trinajstić information content (AvgIpc) is 3.65. The van der Waals surface area contributed by atoms with E-state index in [1.807, 2.05) is 11.0 Å². The van der Waals surface area contributed by atoms with Crippen LogP contribution in [0.3, 0.4) is 0 Å². The van der Waals surface area contributed by atoms with E-state index >= 15 is 0 Å². The first kappa shape index (κ1) is 26.5. The maximum absolute atomic E-state index is 14.0. The van der Waals surface area contributed by atoms with E-state index < -0.39 is 29.5 Å². The quantitative estimate of drug-likeness (QED) is 0.343. The molecular weight excluding hydrogens is 496 g/mol. The molecule has 1 amide bonds. The van der Waals surface area contributed by atoms with E-state index in [0.29, 0.717) is 35.6 Å². The summed E-state index contributed by atoms with van der Waals surface area (Å²) in [5.41, 5.74) is 0.927. The number of ether oxygens (including phenoxy) is 2. The molecule has 1 aliphatic carbocycles. The van der Waals surface area contributed by atoms with Crippen molar-refractivity contribution >= 4 is 23.3 Å². The van der Waals surface area contributed by atoms with Gasteiger partial charge in [0.2, 0.25) is 0 Å². The number of amides is 1. The van der Waals surface area contributed by atoms with E-state index in [1.54, 1.807) is 18.2 Å². The van der Waals surface area contributed by atoms with E-state index in [-0.39, 0.29) is 31.7 Å². The Morgan fingerprint density at radius 3 is 2.46 bits per heavy atom. The maximum Gasteiger partial charge on any atom is 0.490 e. The van der Waals surface area contributed by atoms with E-state index in [9.17, 15) is 27.2 Å². The number of carbonyl (C=O) groups excluding carboxylic acids is 2. The lowest BCUT2D eigenvalue weighted by Crippen LogP contribution is -2.44. The number of nitrogens with zero attached hydrogens (tertiary/aromatic N) is 1. The summed E-state index contributed by atoms with van der Waals surface area (Å²) in [7, 11) is 1.38. The predicted molar refractivity (Wildman–Crippen MR) is 128 cm³/mol. The zero-order chi connectivity index (χ0) is 26.6. The number of nitrogens with one attached hydrogen (secondary N) is 3. The molecule has 8 nitrogen and oxygen atoms in total. The number of hydrogen-bond acceptors (Lipinski definition) is 7. The first-order valence-electron chi connectivity index (χ1n) is 11.8. The van der Waals surface area contributed by atoms with Crippen LogP contribution in [0.15, 0.2) is 36.4 Å². The molecule has 12 heteroatoms. The minimum Gasteiger partial charge on any atom is -0.494 e. The van der Waals surface area contributed by atoms with Gasteiger partial charge in [0.25, 0.3) is 5.91 Å². The van der Waals surface area contributed by atoms with Gasteiger partial charge in [-0.15, -0.1) is 0 Å². The van der Waals surface area contributed by atoms with Crippen LogP contribution in [0.2, 0.25) is 0 Å². The van der Waals surface area contributed by atoms with Crippen molar-refractivity contribution in [3.05, 3.63) is 53.3 Å². The molecule has 0 bridgehead atoms. The molecule has 4 rings (SSSR count). The first-order chi connectivity index (χ1) is 17.6. The molecule has 1 saturated carbocycles. The Labute approximate surface area is 211 Å². The van der Waals surface area contributed by atoms with Crippen molar-refractivity contribution in [1.82, 2.24) is 10.6 Å². The second kappa shape index (κ2) is 10.8. The van der Waals surface area contributed by atoms with Crippen LogP contribution in [0.4, 0.5) is 28.9 Å². The molecule has 0 atom stereocenters. The summed E-state index contributed by atoms with van der Waals surface area (Å²) < 4.78 is 61.5. The van der Waals surface area contributed by atoms with Gasteiger partial charge in [-0.3, -0.25) is 4.79 Å². The summed E-state index contributed by atoms with van der Waals surface area (Å²) in [4.78, 5) is 26.5. The van der Waals surface area contributed by atoms with Crippen molar-refractivity contribution < 1.29 is 36.6 Å². The fourth-order valence-corrected chi connectivity index (χ4v) is 4.08. The molecule has 0 unspecified atom stereocenters. The van der Waals surface area contributed by atoms with Gasteiger partial charge in [-0.25, -0.2) is 9.18 Å². The lowest BCUT2D eigenvalue weighted by atomic mass is 10.1. The number of halogens is 4. The highest BCUT2D eigenvalue weighted by Gasteiger charge is 2.52. The molecule has 1 aliphatic heterocycles. The highest BCUT2D eigenvalue weighted by molar-refractivity contribution is 6.01. The Morgan fingerprint density at radius 2 is 1.84 bits per heavy atom. The van der Waals surface area contributed by atoms with E-state index in [1.165, 1.54) is 19.2 Å². The standard InChI is InChI=1S/C25H28F4N4O4/c1-36-21-5-2-16(12-19(21)26)14-31-17-3-4-20(33-10-8-30-9-11-33)18(13-17)22(34)32-15-24(6-7-24)37-23(35)25(27,28)29/h2-5,12-13,30-31H,6-11,14-15H2,1H3,(H,32,34). The van der Waals surface area contributed by atoms with Gasteiger partial charge in [-0.05, 0) is 48.7 Å². The number of hydrogen-bond donors (Lipinski definition) is 3. The van der Waals surface area contributed by atoms with Crippen LogP contribution in [0, 0.1) is 5.82 Å². The van der Waals surface area contributed by atoms with Crippen molar-refractivity contribution in [2.75, 3.05) is 50.1 Å². The van der Waals surface area contributed by atoms with Crippen molar-refractivity contribution in [3.63, 3.8) is 0 Å². The molecule has 0 aromatic heterocycles. The minimum atomic E-state index is -5.10. The summed E-state index contributed by atoms with van der Waals surface area (Å²) >= 11 is 0. The Kier molecular flexibility index (Phi) is 7.76. The summed E-state index contributed by atoms with van der Waals surface area (Å²) in [6.45, 7) is 2.88. The molecule has 200 valence electrons. The third-order valence-corrected chi connectivity index (χ3v) is 6.33. The number of esters is 1. The minimum absolute atomic E-state index is 0.137. The fourth-order valence-electron chi connectivity index (χ4n) is 4.08. The SMILES string of the molecule is COc1ccc(CNc2ccc(N3CCNCC3)c(C(=O)NCC3(OC(=O)C(F)(F)F)CC3)c2)cc1F. The molecule has 2 aliphatic rings. The van der Waals surface area contributed by atoms with Gasteiger partial charge in [-0.1, -0.05) is 6.07 Å². The van der Waals surface area contributed by atoms with E-state index in [0.717, 1.165) is 13.1 Å². The normalized spacial score (nSPS) is 16.6. The average molecular weight is 525 g/mol. The Balaban J connectivity index is 1.48. The van der Waals surface area contributed by atoms with Crippen LogP contribution in [-0.4, -0.2) is 63.5 Å². The zero-order valence-corrected chi connectivity index (χ0v) is 20.2. The van der Waals surface area contributed by atoms with Crippen molar-refractivity contribution in [1.29, 1.82) is 0 Å². The highest BCUT2D eigenvalue weighted by Crippen LogP contribution is 2.40. The summed E-state index contributed by atoms with van der Waals surface area (Å²) in [5.74, 6) is -3.11. The molecule has 2 aromatic rings. The van der Waals surface area contributed by atoms with Crippen molar-refractivity contribution in [2.45, 2.75) is 31.2 Å². The molecule has 37 heavy (non-hydrogen) atoms. The van der Waals surface area contributed by atoms with Crippen LogP contribution < -0.4 is 25.6 Å². The number of carbonyl (C=O) groups is 2. The smallest absolute Gasteiger partial charge is 0.490 e. The van der Waals surface area contributed by atoms with Gasteiger partial charge >= 0.3 is 12.1 Å². The number of rotatable bonds is 9. The summed E-state index contributed by atoms with van der Waals surface area (Å²) in [6.07, 6.45) is -4.62. The Hall–Kier alpha value is -3.54. The van der Waals surface area contributed by atoms with Gasteiger partial charge < -0.3 is 30.3 Å². The van der Waals surface area contributed by atoms with Crippen molar-refractivity contribution in [2.24, 2.45) is 0 Å². The molecule has 3 N–H and O–H groups in total. The molecule has 2 fully saturated rings. The Bertz CT molecular complexity index is 1150. The second-order valence-electron chi connectivity index (χ2n) is 9.04. The second-order valence-corrected chi connectivity index (χ2v) is 9.04. The highest BCUT2D eigenvalue weighted by atomic mass is 19.4. The first-order valence-corrected chi connectivity index (χ1v) is 11.8. The van der Waals surface area contributed by atoms with E-state index in [2.05, 4.69) is 20.7 Å². The van der Waals surface area contributed by atoms with Crippen LogP contribution in [0.25, 0.3) is 0 Å². The van der Waals surface area contributed by atoms with E-state index in [4.69, 9.17) is 4.74 Å². The van der Waals surface area contributed by atoms with Crippen LogP contribution in [0.5, 0.6) is 5.75 Å². The molecule has 1 saturated heterocycles. The lowest BCUT2D eigenvalue weighted by molar-refractivity contribution is -0.206. The van der Waals surface area contributed by atoms with Gasteiger partial charge in [0, 0.05) is 44.1 Å². The number of alkyl halides is 3. The van der Waals surface area contributed by atoms with Gasteiger partial charge in [0.05, 0.1) is 19.2 Å². The number of piperazine rings is 1. The van der Waals surface area contributed by atoms with Crippen LogP contribution >= 0.6 is 0 Å². The molecule has 0 spiro atoms. The molecule has 2 aromatic carbocycles. The number of benzene rings is 2. The third kappa shape index (κ3) is 6.62. The number of methoxy groups -OCH3 is 1. The lowest BCUT2D eigenvalue weighted by Gasteiger charge is -2.31. The molecule has 1 heterocycles. The van der Waals surface area contributed by atoms with Gasteiger partial charge in [0.1, 0.15) is 5.60 Å². The van der Waals surface area contributed by atoms with Crippen molar-refractivity contribution in [3.8, 4) is 5.75 Å². The summed E-state index contributed by atoms with van der Waals surface area (Å²) in [6, 6.07) is 9.85. The molecule has 0 radical (unpaired) electrons. The third-order valence-electron chi connectivity index (χ3n) is 6.33. The van der Waals surface area contributed by atoms with Gasteiger partial charge in [-0.2, -0.15) is 13.2 Å². The largest absolute Gasteiger partial charge is 0.494 e. The Morgan fingerprint density at radius 1 is 1.11 bits per heavy atom. The fraction of sp³-hybridized carbons (Fsp3) is 0.440. The zero-order valence-electron chi connectivity index (χ0n) is 20.2. The topological polar surface area (TPSA) is 91.9 Å².